The monoisotopic (exact) mass is 847 g/mol. The Morgan fingerprint density at radius 2 is 1.11 bits per heavy atom. The molecule has 3 aromatic rings. The van der Waals surface area contributed by atoms with Crippen molar-refractivity contribution in [2.45, 2.75) is 4.90 Å². The van der Waals surface area contributed by atoms with E-state index in [4.69, 9.17) is 9.47 Å². The van der Waals surface area contributed by atoms with Gasteiger partial charge in [-0.05, 0) is 104 Å². The van der Waals surface area contributed by atoms with Crippen molar-refractivity contribution in [1.29, 1.82) is 0 Å². The highest BCUT2D eigenvalue weighted by atomic mass is 127. The Balaban J connectivity index is 2.08. The van der Waals surface area contributed by atoms with E-state index >= 15 is 0 Å². The fourth-order valence-electron chi connectivity index (χ4n) is 2.67. The van der Waals surface area contributed by atoms with Crippen LogP contribution >= 0.6 is 67.8 Å². The number of hydrogen-bond acceptors (Lipinski definition) is 7. The Bertz CT molecular complexity index is 1460. The molecule has 3 rings (SSSR count). The Kier molecular flexibility index (Phi) is 8.65. The van der Waals surface area contributed by atoms with Crippen molar-refractivity contribution in [2.75, 3.05) is 0 Å². The van der Waals surface area contributed by atoms with Crippen LogP contribution in [0.2, 0.25) is 0 Å². The number of esters is 2. The molecule has 0 aliphatic carbocycles. The molecule has 0 amide bonds. The lowest BCUT2D eigenvalue weighted by Crippen LogP contribution is -2.23. The van der Waals surface area contributed by atoms with Gasteiger partial charge in [0, 0.05) is 10.7 Å². The van der Waals surface area contributed by atoms with E-state index in [-0.39, 0.29) is 12.9 Å². The summed E-state index contributed by atoms with van der Waals surface area (Å²) in [5.74, 6) is -13.3. The summed E-state index contributed by atoms with van der Waals surface area (Å²) in [6, 6.07) is 7.36. The van der Waals surface area contributed by atoms with Crippen LogP contribution in [0.3, 0.4) is 0 Å². The van der Waals surface area contributed by atoms with Crippen molar-refractivity contribution >= 4 is 89.8 Å². The highest BCUT2D eigenvalue weighted by Crippen LogP contribution is 2.31. The van der Waals surface area contributed by atoms with Crippen LogP contribution in [0.25, 0.3) is 0 Å². The molecule has 35 heavy (non-hydrogen) atoms. The largest absolute Gasteiger partial charge is 0.744 e. The molecule has 0 aliphatic rings. The van der Waals surface area contributed by atoms with Crippen molar-refractivity contribution in [1.82, 2.24) is 0 Å². The van der Waals surface area contributed by atoms with Crippen molar-refractivity contribution in [2.24, 2.45) is 0 Å². The van der Waals surface area contributed by atoms with E-state index in [1.807, 2.05) is 22.6 Å². The molecule has 0 radical (unpaired) electrons. The Hall–Kier alpha value is -1.58. The van der Waals surface area contributed by atoms with E-state index in [1.165, 1.54) is 69.4 Å². The van der Waals surface area contributed by atoms with Gasteiger partial charge in [-0.3, -0.25) is 0 Å². The predicted molar refractivity (Wildman–Crippen MR) is 135 cm³/mol. The van der Waals surface area contributed by atoms with E-state index in [0.29, 0.717) is 0 Å². The summed E-state index contributed by atoms with van der Waals surface area (Å²) in [4.78, 5) is 24.6. The van der Waals surface area contributed by atoms with Crippen LogP contribution in [-0.2, 0) is 10.1 Å². The molecular weight excluding hydrogens is 841 g/mol. The van der Waals surface area contributed by atoms with E-state index in [1.54, 1.807) is 0 Å². The lowest BCUT2D eigenvalue weighted by Gasteiger charge is -2.15. The quantitative estimate of drug-likeness (QED) is 0.0644. The minimum absolute atomic E-state index is 0.169. The minimum atomic E-state index is -4.90. The smallest absolute Gasteiger partial charge is 0.347 e. The van der Waals surface area contributed by atoms with Crippen molar-refractivity contribution < 1.29 is 49.6 Å². The third kappa shape index (κ3) is 6.05. The molecule has 0 atom stereocenters. The first-order valence-electron chi connectivity index (χ1n) is 8.73. The van der Waals surface area contributed by atoms with Crippen LogP contribution in [0.5, 0.6) is 11.5 Å². The number of hydrogen-bond donors (Lipinski definition) is 0. The molecular formula is C20H6F4I3O7S-. The molecule has 0 unspecified atom stereocenters. The lowest BCUT2D eigenvalue weighted by molar-refractivity contribution is 0.0680. The van der Waals surface area contributed by atoms with Gasteiger partial charge < -0.3 is 14.0 Å². The average Bonchev–Trinajstić information content (AvgIpc) is 2.74. The van der Waals surface area contributed by atoms with Gasteiger partial charge >= 0.3 is 11.9 Å². The highest BCUT2D eigenvalue weighted by Gasteiger charge is 2.35. The zero-order valence-corrected chi connectivity index (χ0v) is 23.7. The number of carbonyl (C=O) groups is 2. The Morgan fingerprint density at radius 3 is 1.51 bits per heavy atom. The van der Waals surface area contributed by atoms with Crippen LogP contribution in [0.4, 0.5) is 17.6 Å². The maximum absolute atomic E-state index is 14.6. The van der Waals surface area contributed by atoms with Gasteiger partial charge in [0.15, 0.2) is 23.3 Å². The van der Waals surface area contributed by atoms with Gasteiger partial charge in [0.25, 0.3) is 0 Å². The molecule has 0 aliphatic heterocycles. The molecule has 0 N–H and O–H groups in total. The first kappa shape index (κ1) is 28.0. The van der Waals surface area contributed by atoms with Crippen LogP contribution in [0.15, 0.2) is 41.3 Å². The number of benzene rings is 3. The van der Waals surface area contributed by atoms with E-state index in [0.717, 1.165) is 15.7 Å². The van der Waals surface area contributed by atoms with Crippen molar-refractivity contribution in [3.05, 3.63) is 81.5 Å². The number of ether oxygens (including phenoxy) is 2. The fourth-order valence-corrected chi connectivity index (χ4v) is 6.95. The summed E-state index contributed by atoms with van der Waals surface area (Å²) in [6.45, 7) is 0. The second-order valence-electron chi connectivity index (χ2n) is 6.41. The third-order valence-electron chi connectivity index (χ3n) is 4.13. The molecule has 0 bridgehead atoms. The van der Waals surface area contributed by atoms with Gasteiger partial charge in [-0.1, -0.05) is 0 Å². The summed E-state index contributed by atoms with van der Waals surface area (Å²) < 4.78 is 101. The molecule has 0 heterocycles. The molecule has 7 nitrogen and oxygen atoms in total. The number of halogens is 7. The second kappa shape index (κ2) is 10.8. The van der Waals surface area contributed by atoms with Gasteiger partial charge in [0.05, 0.1) is 4.90 Å². The van der Waals surface area contributed by atoms with E-state index in [9.17, 15) is 40.1 Å². The number of rotatable bonds is 5. The molecule has 15 heteroatoms. The maximum Gasteiger partial charge on any atom is 0.347 e. The average molecular weight is 847 g/mol. The van der Waals surface area contributed by atoms with Crippen molar-refractivity contribution in [3.63, 3.8) is 0 Å². The topological polar surface area (TPSA) is 110 Å². The molecule has 0 fully saturated rings. The highest BCUT2D eigenvalue weighted by molar-refractivity contribution is 14.1. The Morgan fingerprint density at radius 1 is 0.714 bits per heavy atom. The molecule has 0 saturated carbocycles. The van der Waals surface area contributed by atoms with Gasteiger partial charge in [0.2, 0.25) is 0 Å². The van der Waals surface area contributed by atoms with E-state index < -0.39 is 67.1 Å². The maximum atomic E-state index is 14.6. The van der Waals surface area contributed by atoms with Crippen molar-refractivity contribution in [3.8, 4) is 11.5 Å². The Labute approximate surface area is 235 Å². The SMILES string of the molecule is O=C(Oc1ccc(I)cc1)c1c(F)c(F)c(F)c(F)c1C(=O)Oc1cc(I)c(S(=O)(=O)[O-])c(I)c1. The lowest BCUT2D eigenvalue weighted by atomic mass is 10.0. The van der Waals surface area contributed by atoms with Crippen LogP contribution in [-0.4, -0.2) is 24.9 Å². The summed E-state index contributed by atoms with van der Waals surface area (Å²) in [5, 5.41) is 0. The molecule has 184 valence electrons. The second-order valence-corrected chi connectivity index (χ2v) is 11.3. The predicted octanol–water partition coefficient (Wildman–Crippen LogP) is 5.40. The summed E-state index contributed by atoms with van der Waals surface area (Å²) in [7, 11) is -4.90. The van der Waals surface area contributed by atoms with Crippen LogP contribution < -0.4 is 9.47 Å². The summed E-state index contributed by atoms with van der Waals surface area (Å²) in [5.41, 5.74) is -3.16. The zero-order chi connectivity index (χ0) is 26.2. The summed E-state index contributed by atoms with van der Waals surface area (Å²) >= 11 is 4.86. The third-order valence-corrected chi connectivity index (χ3v) is 8.22. The fraction of sp³-hybridized carbons (Fsp3) is 0. The molecule has 0 spiro atoms. The molecule has 0 aromatic heterocycles. The van der Waals surface area contributed by atoms with Crippen LogP contribution in [0, 0.1) is 34.0 Å². The van der Waals surface area contributed by atoms with E-state index in [2.05, 4.69) is 0 Å². The zero-order valence-electron chi connectivity index (χ0n) is 16.4. The van der Waals surface area contributed by atoms with Gasteiger partial charge in [0.1, 0.15) is 32.7 Å². The molecule has 3 aromatic carbocycles. The van der Waals surface area contributed by atoms with Gasteiger partial charge in [-0.25, -0.2) is 35.6 Å². The van der Waals surface area contributed by atoms with Gasteiger partial charge in [-0.15, -0.1) is 0 Å². The summed E-state index contributed by atoms with van der Waals surface area (Å²) in [6.07, 6.45) is 0. The number of carbonyl (C=O) groups excluding carboxylic acids is 2. The minimum Gasteiger partial charge on any atom is -0.744 e. The normalized spacial score (nSPS) is 11.3. The van der Waals surface area contributed by atoms with Gasteiger partial charge in [-0.2, -0.15) is 0 Å². The molecule has 0 saturated heterocycles. The first-order chi connectivity index (χ1) is 16.2. The standard InChI is InChI=1S/C20H7F4I3O7S/c21-14-12(19(28)33-8-3-1-7(25)2-4-8)13(15(22)17(24)16(14)23)20(29)34-9-5-10(26)18(11(27)6-9)35(30,31)32/h1-6H,(H,30,31,32)/p-1. The van der Waals surface area contributed by atoms with Crippen LogP contribution in [0.1, 0.15) is 20.7 Å². The first-order valence-corrected chi connectivity index (χ1v) is 13.4.